The lowest BCUT2D eigenvalue weighted by Crippen LogP contribution is -2.47. The molecule has 0 radical (unpaired) electrons. The number of morpholine rings is 1. The molecule has 2 rings (SSSR count). The number of nitrogens with one attached hydrogen (secondary N) is 1. The van der Waals surface area contributed by atoms with Crippen molar-refractivity contribution in [3.05, 3.63) is 0 Å². The summed E-state index contributed by atoms with van der Waals surface area (Å²) in [4.78, 5) is 0. The molecule has 13 heavy (non-hydrogen) atoms. The second kappa shape index (κ2) is 3.20. The van der Waals surface area contributed by atoms with Gasteiger partial charge in [-0.3, -0.25) is 0 Å². The molecule has 2 atom stereocenters. The molecular formula is C7H14N2O3S. The zero-order valence-electron chi connectivity index (χ0n) is 7.56. The molecule has 2 saturated heterocycles. The van der Waals surface area contributed by atoms with E-state index in [4.69, 9.17) is 4.74 Å². The topological polar surface area (TPSA) is 58.6 Å². The van der Waals surface area contributed by atoms with Gasteiger partial charge in [0, 0.05) is 25.7 Å². The number of rotatable bonds is 1. The second-order valence-electron chi connectivity index (χ2n) is 3.55. The summed E-state index contributed by atoms with van der Waals surface area (Å²) in [6.45, 7) is 2.54. The summed E-state index contributed by atoms with van der Waals surface area (Å²) < 4.78 is 29.4. The van der Waals surface area contributed by atoms with E-state index in [1.807, 2.05) is 0 Å². The van der Waals surface area contributed by atoms with Gasteiger partial charge in [0.2, 0.25) is 10.0 Å². The van der Waals surface area contributed by atoms with Gasteiger partial charge in [-0.15, -0.1) is 0 Å². The van der Waals surface area contributed by atoms with Gasteiger partial charge >= 0.3 is 0 Å². The summed E-state index contributed by atoms with van der Waals surface area (Å²) in [7, 11) is -3.05. The number of sulfonamides is 1. The van der Waals surface area contributed by atoms with Crippen LogP contribution in [0.1, 0.15) is 0 Å². The van der Waals surface area contributed by atoms with Crippen molar-refractivity contribution in [3.8, 4) is 0 Å². The number of fused-ring (bicyclic) bond motifs is 1. The molecule has 0 unspecified atom stereocenters. The molecule has 0 bridgehead atoms. The van der Waals surface area contributed by atoms with Gasteiger partial charge in [0.1, 0.15) is 0 Å². The van der Waals surface area contributed by atoms with Crippen LogP contribution in [0.3, 0.4) is 0 Å². The molecule has 1 N–H and O–H groups in total. The van der Waals surface area contributed by atoms with Crippen molar-refractivity contribution in [3.63, 3.8) is 0 Å². The highest BCUT2D eigenvalue weighted by atomic mass is 32.2. The summed E-state index contributed by atoms with van der Waals surface area (Å²) in [6, 6.07) is 0.184. The SMILES string of the molecule is CS(=O)(=O)N1C[C@@H]2OCCN[C@@H]2C1. The summed E-state index contributed by atoms with van der Waals surface area (Å²) in [5, 5.41) is 3.25. The van der Waals surface area contributed by atoms with Crippen LogP contribution >= 0.6 is 0 Å². The Morgan fingerprint density at radius 2 is 2.23 bits per heavy atom. The van der Waals surface area contributed by atoms with Crippen molar-refractivity contribution in [2.45, 2.75) is 12.1 Å². The first-order valence-electron chi connectivity index (χ1n) is 4.37. The maximum absolute atomic E-state index is 11.2. The molecule has 6 heteroatoms. The van der Waals surface area contributed by atoms with Gasteiger partial charge < -0.3 is 10.1 Å². The van der Waals surface area contributed by atoms with Crippen molar-refractivity contribution in [2.24, 2.45) is 0 Å². The van der Waals surface area contributed by atoms with Crippen LogP contribution in [0.2, 0.25) is 0 Å². The Kier molecular flexibility index (Phi) is 2.31. The van der Waals surface area contributed by atoms with E-state index in [-0.39, 0.29) is 12.1 Å². The van der Waals surface area contributed by atoms with E-state index in [9.17, 15) is 8.42 Å². The minimum atomic E-state index is -3.05. The Labute approximate surface area is 78.1 Å². The number of nitrogens with zero attached hydrogens (tertiary/aromatic N) is 1. The van der Waals surface area contributed by atoms with Crippen LogP contribution in [0.15, 0.2) is 0 Å². The predicted molar refractivity (Wildman–Crippen MR) is 47.9 cm³/mol. The molecule has 0 aliphatic carbocycles. The molecular weight excluding hydrogens is 192 g/mol. The average Bonchev–Trinajstić information content (AvgIpc) is 2.45. The van der Waals surface area contributed by atoms with E-state index in [2.05, 4.69) is 5.32 Å². The fraction of sp³-hybridized carbons (Fsp3) is 1.00. The molecule has 0 aromatic carbocycles. The third-order valence-corrected chi connectivity index (χ3v) is 3.78. The maximum Gasteiger partial charge on any atom is 0.211 e. The van der Waals surface area contributed by atoms with E-state index in [1.54, 1.807) is 0 Å². The number of ether oxygens (including phenoxy) is 1. The Morgan fingerprint density at radius 3 is 2.85 bits per heavy atom. The number of hydrogen-bond acceptors (Lipinski definition) is 4. The van der Waals surface area contributed by atoms with Gasteiger partial charge in [0.25, 0.3) is 0 Å². The second-order valence-corrected chi connectivity index (χ2v) is 5.53. The molecule has 2 fully saturated rings. The maximum atomic E-state index is 11.2. The summed E-state index contributed by atoms with van der Waals surface area (Å²) in [6.07, 6.45) is 1.29. The van der Waals surface area contributed by atoms with Crippen molar-refractivity contribution < 1.29 is 13.2 Å². The molecule has 0 spiro atoms. The highest BCUT2D eigenvalue weighted by Gasteiger charge is 2.38. The molecule has 0 saturated carbocycles. The first-order valence-corrected chi connectivity index (χ1v) is 6.22. The monoisotopic (exact) mass is 206 g/mol. The van der Waals surface area contributed by atoms with E-state index in [0.29, 0.717) is 19.7 Å². The van der Waals surface area contributed by atoms with Gasteiger partial charge in [0.05, 0.1) is 19.0 Å². The fourth-order valence-electron chi connectivity index (χ4n) is 1.83. The minimum absolute atomic E-state index is 0.0449. The third-order valence-electron chi connectivity index (χ3n) is 2.54. The lowest BCUT2D eigenvalue weighted by atomic mass is 10.2. The quantitative estimate of drug-likeness (QED) is 0.574. The summed E-state index contributed by atoms with van der Waals surface area (Å²) >= 11 is 0. The molecule has 0 aromatic rings. The largest absolute Gasteiger partial charge is 0.374 e. The summed E-state index contributed by atoms with van der Waals surface area (Å²) in [5.74, 6) is 0. The van der Waals surface area contributed by atoms with Crippen LogP contribution in [-0.2, 0) is 14.8 Å². The highest BCUT2D eigenvalue weighted by molar-refractivity contribution is 7.88. The fourth-order valence-corrected chi connectivity index (χ4v) is 2.68. The van der Waals surface area contributed by atoms with Crippen molar-refractivity contribution in [1.82, 2.24) is 9.62 Å². The van der Waals surface area contributed by atoms with Crippen molar-refractivity contribution in [2.75, 3.05) is 32.5 Å². The van der Waals surface area contributed by atoms with Crippen LogP contribution < -0.4 is 5.32 Å². The van der Waals surface area contributed by atoms with E-state index < -0.39 is 10.0 Å². The Balaban J connectivity index is 2.07. The van der Waals surface area contributed by atoms with Gasteiger partial charge in [-0.25, -0.2) is 8.42 Å². The van der Waals surface area contributed by atoms with E-state index in [1.165, 1.54) is 10.6 Å². The van der Waals surface area contributed by atoms with Crippen LogP contribution in [-0.4, -0.2) is 57.4 Å². The van der Waals surface area contributed by atoms with Crippen LogP contribution in [0.25, 0.3) is 0 Å². The predicted octanol–water partition coefficient (Wildman–Crippen LogP) is -1.38. The Bertz CT molecular complexity index is 276. The van der Waals surface area contributed by atoms with Crippen molar-refractivity contribution >= 4 is 10.0 Å². The average molecular weight is 206 g/mol. The van der Waals surface area contributed by atoms with Gasteiger partial charge in [0.15, 0.2) is 0 Å². The molecule has 2 aliphatic heterocycles. The molecule has 5 nitrogen and oxygen atoms in total. The first kappa shape index (κ1) is 9.39. The molecule has 0 amide bonds. The van der Waals surface area contributed by atoms with Gasteiger partial charge in [-0.1, -0.05) is 0 Å². The Morgan fingerprint density at radius 1 is 1.46 bits per heavy atom. The highest BCUT2D eigenvalue weighted by Crippen LogP contribution is 2.18. The Hall–Kier alpha value is -0.170. The molecule has 2 aliphatic rings. The van der Waals surface area contributed by atoms with Crippen LogP contribution in [0.4, 0.5) is 0 Å². The number of hydrogen-bond donors (Lipinski definition) is 1. The van der Waals surface area contributed by atoms with Crippen LogP contribution in [0, 0.1) is 0 Å². The van der Waals surface area contributed by atoms with Crippen LogP contribution in [0.5, 0.6) is 0 Å². The lowest BCUT2D eigenvalue weighted by Gasteiger charge is -2.25. The zero-order valence-corrected chi connectivity index (χ0v) is 8.38. The third kappa shape index (κ3) is 1.85. The minimum Gasteiger partial charge on any atom is -0.374 e. The summed E-state index contributed by atoms with van der Waals surface area (Å²) in [5.41, 5.74) is 0. The zero-order chi connectivity index (χ0) is 9.47. The van der Waals surface area contributed by atoms with Gasteiger partial charge in [-0.05, 0) is 0 Å². The van der Waals surface area contributed by atoms with Crippen molar-refractivity contribution in [1.29, 1.82) is 0 Å². The van der Waals surface area contributed by atoms with E-state index >= 15 is 0 Å². The smallest absolute Gasteiger partial charge is 0.211 e. The molecule has 2 heterocycles. The lowest BCUT2D eigenvalue weighted by molar-refractivity contribution is 0.0194. The van der Waals surface area contributed by atoms with Gasteiger partial charge in [-0.2, -0.15) is 4.31 Å². The molecule has 76 valence electrons. The molecule has 0 aromatic heterocycles. The standard InChI is InChI=1S/C7H14N2O3S/c1-13(10,11)9-4-6-7(5-9)12-3-2-8-6/h6-8H,2-5H2,1H3/t6-,7+/m1/s1. The van der Waals surface area contributed by atoms with E-state index in [0.717, 1.165) is 6.54 Å². The first-order chi connectivity index (χ1) is 6.07. The normalized spacial score (nSPS) is 36.1.